The van der Waals surface area contributed by atoms with Crippen LogP contribution in [0.15, 0.2) is 42.5 Å². The average molecular weight is 323 g/mol. The van der Waals surface area contributed by atoms with Crippen molar-refractivity contribution in [1.29, 1.82) is 0 Å². The fourth-order valence-electron chi connectivity index (χ4n) is 2.77. The fraction of sp³-hybridized carbons (Fsp3) is 0.263. The number of hydrogen-bond acceptors (Lipinski definition) is 3. The van der Waals surface area contributed by atoms with Crippen LogP contribution < -0.4 is 10.1 Å². The standard InChI is InChI=1S/C19H21N3O2/c1-13-21-16-8-7-14(11-17(16)22-13)9-10-20-19(23)12-15-5-3-4-6-18(15)24-2/h3-8,11H,9-10,12H2,1-2H3,(H,20,23)(H,21,22). The number of H-pyrrole nitrogens is 1. The summed E-state index contributed by atoms with van der Waals surface area (Å²) in [5.74, 6) is 1.65. The van der Waals surface area contributed by atoms with Crippen molar-refractivity contribution in [3.63, 3.8) is 0 Å². The molecule has 0 fully saturated rings. The van der Waals surface area contributed by atoms with Crippen LogP contribution in [0.5, 0.6) is 5.75 Å². The maximum absolute atomic E-state index is 12.1. The quantitative estimate of drug-likeness (QED) is 0.733. The number of aromatic nitrogens is 2. The number of nitrogens with zero attached hydrogens (tertiary/aromatic N) is 1. The van der Waals surface area contributed by atoms with Crippen molar-refractivity contribution in [2.45, 2.75) is 19.8 Å². The van der Waals surface area contributed by atoms with Gasteiger partial charge in [0.2, 0.25) is 5.91 Å². The molecule has 24 heavy (non-hydrogen) atoms. The third kappa shape index (κ3) is 3.74. The number of fused-ring (bicyclic) bond motifs is 1. The molecule has 3 aromatic rings. The second kappa shape index (κ2) is 7.17. The lowest BCUT2D eigenvalue weighted by atomic mass is 10.1. The maximum atomic E-state index is 12.1. The highest BCUT2D eigenvalue weighted by Gasteiger charge is 2.08. The van der Waals surface area contributed by atoms with Crippen LogP contribution in [-0.4, -0.2) is 29.5 Å². The Morgan fingerprint density at radius 2 is 2.08 bits per heavy atom. The molecule has 1 heterocycles. The van der Waals surface area contributed by atoms with Gasteiger partial charge in [0, 0.05) is 12.1 Å². The monoisotopic (exact) mass is 323 g/mol. The van der Waals surface area contributed by atoms with Crippen molar-refractivity contribution >= 4 is 16.9 Å². The molecule has 0 aliphatic carbocycles. The molecule has 0 saturated carbocycles. The van der Waals surface area contributed by atoms with E-state index in [4.69, 9.17) is 4.74 Å². The van der Waals surface area contributed by atoms with Gasteiger partial charge < -0.3 is 15.0 Å². The average Bonchev–Trinajstić information content (AvgIpc) is 2.94. The van der Waals surface area contributed by atoms with Gasteiger partial charge >= 0.3 is 0 Å². The largest absolute Gasteiger partial charge is 0.496 e. The van der Waals surface area contributed by atoms with E-state index >= 15 is 0 Å². The Morgan fingerprint density at radius 1 is 1.25 bits per heavy atom. The van der Waals surface area contributed by atoms with Gasteiger partial charge in [-0.05, 0) is 37.1 Å². The van der Waals surface area contributed by atoms with Gasteiger partial charge in [-0.25, -0.2) is 4.98 Å². The van der Waals surface area contributed by atoms with Gasteiger partial charge in [-0.15, -0.1) is 0 Å². The van der Waals surface area contributed by atoms with E-state index in [9.17, 15) is 4.79 Å². The summed E-state index contributed by atoms with van der Waals surface area (Å²) >= 11 is 0. The van der Waals surface area contributed by atoms with Crippen molar-refractivity contribution in [2.24, 2.45) is 0 Å². The van der Waals surface area contributed by atoms with E-state index in [0.717, 1.165) is 34.6 Å². The molecule has 0 radical (unpaired) electrons. The van der Waals surface area contributed by atoms with Crippen LogP contribution in [0, 0.1) is 6.92 Å². The summed E-state index contributed by atoms with van der Waals surface area (Å²) in [7, 11) is 1.62. The van der Waals surface area contributed by atoms with Gasteiger partial charge in [0.15, 0.2) is 0 Å². The molecule has 0 aliphatic heterocycles. The summed E-state index contributed by atoms with van der Waals surface area (Å²) in [6.07, 6.45) is 1.11. The SMILES string of the molecule is COc1ccccc1CC(=O)NCCc1ccc2nc(C)[nH]c2c1. The summed E-state index contributed by atoms with van der Waals surface area (Å²) < 4.78 is 5.27. The van der Waals surface area contributed by atoms with Gasteiger partial charge in [0.1, 0.15) is 11.6 Å². The molecule has 0 bridgehead atoms. The van der Waals surface area contributed by atoms with Crippen LogP contribution in [0.4, 0.5) is 0 Å². The van der Waals surface area contributed by atoms with Crippen molar-refractivity contribution in [3.05, 3.63) is 59.4 Å². The molecule has 2 aromatic carbocycles. The number of amides is 1. The molecular formula is C19H21N3O2. The minimum atomic E-state index is -0.00189. The fourth-order valence-corrected chi connectivity index (χ4v) is 2.77. The summed E-state index contributed by atoms with van der Waals surface area (Å²) in [4.78, 5) is 19.7. The Hall–Kier alpha value is -2.82. The van der Waals surface area contributed by atoms with Gasteiger partial charge in [-0.2, -0.15) is 0 Å². The Labute approximate surface area is 141 Å². The highest BCUT2D eigenvalue weighted by molar-refractivity contribution is 5.79. The molecule has 0 saturated heterocycles. The number of aromatic amines is 1. The number of imidazole rings is 1. The zero-order chi connectivity index (χ0) is 16.9. The van der Waals surface area contributed by atoms with Crippen LogP contribution in [0.1, 0.15) is 17.0 Å². The lowest BCUT2D eigenvalue weighted by Crippen LogP contribution is -2.27. The number of rotatable bonds is 6. The zero-order valence-corrected chi connectivity index (χ0v) is 13.9. The number of carbonyl (C=O) groups excluding carboxylic acids is 1. The normalized spacial score (nSPS) is 10.8. The lowest BCUT2D eigenvalue weighted by molar-refractivity contribution is -0.120. The number of nitrogens with one attached hydrogen (secondary N) is 2. The first-order valence-electron chi connectivity index (χ1n) is 7.99. The second-order valence-corrected chi connectivity index (χ2v) is 5.76. The van der Waals surface area contributed by atoms with Crippen molar-refractivity contribution < 1.29 is 9.53 Å². The molecule has 0 atom stereocenters. The molecule has 5 nitrogen and oxygen atoms in total. The van der Waals surface area contributed by atoms with Crippen molar-refractivity contribution in [1.82, 2.24) is 15.3 Å². The maximum Gasteiger partial charge on any atom is 0.224 e. The Morgan fingerprint density at radius 3 is 2.92 bits per heavy atom. The molecule has 0 unspecified atom stereocenters. The lowest BCUT2D eigenvalue weighted by Gasteiger charge is -2.09. The molecule has 0 spiro atoms. The summed E-state index contributed by atoms with van der Waals surface area (Å²) in [5, 5.41) is 2.96. The van der Waals surface area contributed by atoms with Gasteiger partial charge in [-0.1, -0.05) is 24.3 Å². The minimum Gasteiger partial charge on any atom is -0.496 e. The summed E-state index contributed by atoms with van der Waals surface area (Å²) in [6.45, 7) is 2.55. The molecule has 1 aromatic heterocycles. The third-order valence-corrected chi connectivity index (χ3v) is 3.94. The number of methoxy groups -OCH3 is 1. The molecule has 124 valence electrons. The predicted octanol–water partition coefficient (Wildman–Crippen LogP) is 2.78. The first kappa shape index (κ1) is 16.1. The van der Waals surface area contributed by atoms with Gasteiger partial charge in [-0.3, -0.25) is 4.79 Å². The number of hydrogen-bond donors (Lipinski definition) is 2. The van der Waals surface area contributed by atoms with Crippen LogP contribution in [0.3, 0.4) is 0 Å². The van der Waals surface area contributed by atoms with E-state index in [1.807, 2.05) is 37.3 Å². The summed E-state index contributed by atoms with van der Waals surface area (Å²) in [5.41, 5.74) is 4.07. The predicted molar refractivity (Wildman–Crippen MR) is 94.2 cm³/mol. The number of carbonyl (C=O) groups is 1. The second-order valence-electron chi connectivity index (χ2n) is 5.76. The Balaban J connectivity index is 1.54. The number of benzene rings is 2. The van der Waals surface area contributed by atoms with Crippen LogP contribution in [-0.2, 0) is 17.6 Å². The highest BCUT2D eigenvalue weighted by Crippen LogP contribution is 2.17. The molecule has 5 heteroatoms. The Bertz CT molecular complexity index is 855. The van der Waals surface area contributed by atoms with Crippen LogP contribution in [0.2, 0.25) is 0 Å². The van der Waals surface area contributed by atoms with Crippen LogP contribution in [0.25, 0.3) is 11.0 Å². The van der Waals surface area contributed by atoms with E-state index in [0.29, 0.717) is 13.0 Å². The zero-order valence-electron chi connectivity index (χ0n) is 13.9. The smallest absolute Gasteiger partial charge is 0.224 e. The minimum absolute atomic E-state index is 0.00189. The number of aryl methyl sites for hydroxylation is 1. The number of ether oxygens (including phenoxy) is 1. The van der Waals surface area contributed by atoms with Gasteiger partial charge in [0.05, 0.1) is 24.6 Å². The van der Waals surface area contributed by atoms with Gasteiger partial charge in [0.25, 0.3) is 0 Å². The van der Waals surface area contributed by atoms with E-state index in [1.165, 1.54) is 5.56 Å². The highest BCUT2D eigenvalue weighted by atomic mass is 16.5. The first-order valence-corrected chi connectivity index (χ1v) is 7.99. The molecule has 2 N–H and O–H groups in total. The molecule has 0 aliphatic rings. The number of para-hydroxylation sites is 1. The first-order chi connectivity index (χ1) is 11.7. The van der Waals surface area contributed by atoms with E-state index in [2.05, 4.69) is 27.4 Å². The third-order valence-electron chi connectivity index (χ3n) is 3.94. The molecule has 1 amide bonds. The van der Waals surface area contributed by atoms with E-state index in [1.54, 1.807) is 7.11 Å². The molecule has 3 rings (SSSR count). The Kier molecular flexibility index (Phi) is 4.79. The van der Waals surface area contributed by atoms with Crippen molar-refractivity contribution in [2.75, 3.05) is 13.7 Å². The van der Waals surface area contributed by atoms with Crippen molar-refractivity contribution in [3.8, 4) is 5.75 Å². The topological polar surface area (TPSA) is 67.0 Å². The van der Waals surface area contributed by atoms with E-state index in [-0.39, 0.29) is 5.91 Å². The summed E-state index contributed by atoms with van der Waals surface area (Å²) in [6, 6.07) is 13.7. The van der Waals surface area contributed by atoms with E-state index < -0.39 is 0 Å². The van der Waals surface area contributed by atoms with Crippen LogP contribution >= 0.6 is 0 Å². The molecular weight excluding hydrogens is 302 g/mol.